The molecule has 0 spiro atoms. The van der Waals surface area contributed by atoms with Crippen molar-refractivity contribution in [3.8, 4) is 0 Å². The Balaban J connectivity index is 2.25. The van der Waals surface area contributed by atoms with Gasteiger partial charge < -0.3 is 5.32 Å². The van der Waals surface area contributed by atoms with E-state index in [0.29, 0.717) is 6.04 Å². The Hall–Kier alpha value is -0.600. The van der Waals surface area contributed by atoms with Crippen LogP contribution in [0.3, 0.4) is 0 Å². The SMILES string of the molecule is Cc1ccsc1C=CCCNC(C)C. The van der Waals surface area contributed by atoms with Crippen molar-refractivity contribution in [2.75, 3.05) is 6.54 Å². The van der Waals surface area contributed by atoms with Gasteiger partial charge in [-0.2, -0.15) is 0 Å². The van der Waals surface area contributed by atoms with Gasteiger partial charge in [-0.25, -0.2) is 0 Å². The van der Waals surface area contributed by atoms with Gasteiger partial charge in [0.15, 0.2) is 0 Å². The average Bonchev–Trinajstić information content (AvgIpc) is 2.51. The van der Waals surface area contributed by atoms with Crippen LogP contribution in [-0.4, -0.2) is 12.6 Å². The minimum Gasteiger partial charge on any atom is -0.314 e. The fourth-order valence-corrected chi connectivity index (χ4v) is 2.05. The lowest BCUT2D eigenvalue weighted by atomic mass is 10.2. The van der Waals surface area contributed by atoms with Crippen molar-refractivity contribution in [3.63, 3.8) is 0 Å². The van der Waals surface area contributed by atoms with Crippen LogP contribution in [0.25, 0.3) is 6.08 Å². The van der Waals surface area contributed by atoms with E-state index in [-0.39, 0.29) is 0 Å². The molecular weight excluding hydrogens is 190 g/mol. The van der Waals surface area contributed by atoms with Crippen molar-refractivity contribution < 1.29 is 0 Å². The number of thiophene rings is 1. The molecule has 14 heavy (non-hydrogen) atoms. The summed E-state index contributed by atoms with van der Waals surface area (Å²) in [5.74, 6) is 0. The average molecular weight is 209 g/mol. The Bertz CT molecular complexity index is 286. The third kappa shape index (κ3) is 4.07. The Morgan fingerprint density at radius 2 is 2.29 bits per heavy atom. The molecule has 78 valence electrons. The second-order valence-corrected chi connectivity index (χ2v) is 4.72. The zero-order chi connectivity index (χ0) is 10.4. The van der Waals surface area contributed by atoms with Crippen LogP contribution in [0.2, 0.25) is 0 Å². The smallest absolute Gasteiger partial charge is 0.0296 e. The molecule has 0 bridgehead atoms. The summed E-state index contributed by atoms with van der Waals surface area (Å²) in [4.78, 5) is 1.38. The molecule has 1 aromatic heterocycles. The Morgan fingerprint density at radius 3 is 2.86 bits per heavy atom. The second kappa shape index (κ2) is 5.99. The van der Waals surface area contributed by atoms with E-state index >= 15 is 0 Å². The van der Waals surface area contributed by atoms with Crippen LogP contribution in [0.1, 0.15) is 30.7 Å². The number of rotatable bonds is 5. The summed E-state index contributed by atoms with van der Waals surface area (Å²) in [6, 6.07) is 2.75. The van der Waals surface area contributed by atoms with Crippen molar-refractivity contribution in [3.05, 3.63) is 28.0 Å². The molecule has 0 fully saturated rings. The highest BCUT2D eigenvalue weighted by Gasteiger charge is 1.93. The van der Waals surface area contributed by atoms with E-state index in [9.17, 15) is 0 Å². The molecule has 1 heterocycles. The Kier molecular flexibility index (Phi) is 4.91. The van der Waals surface area contributed by atoms with E-state index in [4.69, 9.17) is 0 Å². The maximum atomic E-state index is 3.39. The first-order valence-electron chi connectivity index (χ1n) is 5.14. The highest BCUT2D eigenvalue weighted by molar-refractivity contribution is 7.11. The molecule has 0 saturated heterocycles. The van der Waals surface area contributed by atoms with Gasteiger partial charge in [0.05, 0.1) is 0 Å². The van der Waals surface area contributed by atoms with E-state index in [1.54, 1.807) is 11.3 Å². The normalized spacial score (nSPS) is 11.7. The molecule has 0 radical (unpaired) electrons. The van der Waals surface area contributed by atoms with Crippen molar-refractivity contribution in [1.82, 2.24) is 5.32 Å². The third-order valence-electron chi connectivity index (χ3n) is 2.03. The van der Waals surface area contributed by atoms with Crippen LogP contribution in [0.15, 0.2) is 17.5 Å². The number of hydrogen-bond donors (Lipinski definition) is 1. The highest BCUT2D eigenvalue weighted by atomic mass is 32.1. The lowest BCUT2D eigenvalue weighted by molar-refractivity contribution is 0.595. The van der Waals surface area contributed by atoms with E-state index in [0.717, 1.165) is 13.0 Å². The molecular formula is C12H19NS. The van der Waals surface area contributed by atoms with E-state index in [2.05, 4.69) is 49.7 Å². The van der Waals surface area contributed by atoms with Gasteiger partial charge in [-0.15, -0.1) is 11.3 Å². The molecule has 0 aromatic carbocycles. The van der Waals surface area contributed by atoms with Crippen LogP contribution in [-0.2, 0) is 0 Å². The summed E-state index contributed by atoms with van der Waals surface area (Å²) >= 11 is 1.81. The van der Waals surface area contributed by atoms with Crippen molar-refractivity contribution in [1.29, 1.82) is 0 Å². The largest absolute Gasteiger partial charge is 0.314 e. The van der Waals surface area contributed by atoms with Crippen molar-refractivity contribution >= 4 is 17.4 Å². The van der Waals surface area contributed by atoms with Gasteiger partial charge >= 0.3 is 0 Å². The summed E-state index contributed by atoms with van der Waals surface area (Å²) in [5, 5.41) is 5.53. The van der Waals surface area contributed by atoms with Crippen molar-refractivity contribution in [2.24, 2.45) is 0 Å². The van der Waals surface area contributed by atoms with Gasteiger partial charge in [-0.3, -0.25) is 0 Å². The van der Waals surface area contributed by atoms with Gasteiger partial charge in [0, 0.05) is 10.9 Å². The molecule has 2 heteroatoms. The molecule has 1 rings (SSSR count). The van der Waals surface area contributed by atoms with E-state index in [1.807, 2.05) is 0 Å². The molecule has 1 aromatic rings. The maximum Gasteiger partial charge on any atom is 0.0296 e. The van der Waals surface area contributed by atoms with E-state index in [1.165, 1.54) is 10.4 Å². The number of nitrogens with one attached hydrogen (secondary N) is 1. The minimum absolute atomic E-state index is 0.590. The summed E-state index contributed by atoms with van der Waals surface area (Å²) < 4.78 is 0. The van der Waals surface area contributed by atoms with Crippen LogP contribution >= 0.6 is 11.3 Å². The molecule has 0 aliphatic carbocycles. The summed E-state index contributed by atoms with van der Waals surface area (Å²) in [6.07, 6.45) is 5.58. The van der Waals surface area contributed by atoms with Crippen molar-refractivity contribution in [2.45, 2.75) is 33.2 Å². The Morgan fingerprint density at radius 1 is 1.50 bits per heavy atom. The minimum atomic E-state index is 0.590. The molecule has 0 aliphatic heterocycles. The first kappa shape index (κ1) is 11.5. The molecule has 1 nitrogen and oxygen atoms in total. The Labute approximate surface area is 90.9 Å². The lowest BCUT2D eigenvalue weighted by Gasteiger charge is -2.04. The fourth-order valence-electron chi connectivity index (χ4n) is 1.20. The quantitative estimate of drug-likeness (QED) is 0.732. The zero-order valence-electron chi connectivity index (χ0n) is 9.21. The maximum absolute atomic E-state index is 3.39. The van der Waals surface area contributed by atoms with Gasteiger partial charge in [-0.1, -0.05) is 19.9 Å². The monoisotopic (exact) mass is 209 g/mol. The standard InChI is InChI=1S/C12H19NS/c1-10(2)13-8-5-4-6-12-11(3)7-9-14-12/h4,6-7,9-10,13H,5,8H2,1-3H3. The molecule has 0 amide bonds. The third-order valence-corrected chi connectivity index (χ3v) is 3.02. The van der Waals surface area contributed by atoms with Gasteiger partial charge in [0.25, 0.3) is 0 Å². The van der Waals surface area contributed by atoms with Crippen LogP contribution in [0, 0.1) is 6.92 Å². The molecule has 0 aliphatic rings. The van der Waals surface area contributed by atoms with Gasteiger partial charge in [0.2, 0.25) is 0 Å². The summed E-state index contributed by atoms with van der Waals surface area (Å²) in [5.41, 5.74) is 1.38. The van der Waals surface area contributed by atoms with Crippen LogP contribution in [0.4, 0.5) is 0 Å². The van der Waals surface area contributed by atoms with E-state index < -0.39 is 0 Å². The summed E-state index contributed by atoms with van der Waals surface area (Å²) in [7, 11) is 0. The lowest BCUT2D eigenvalue weighted by Crippen LogP contribution is -2.23. The fraction of sp³-hybridized carbons (Fsp3) is 0.500. The molecule has 0 unspecified atom stereocenters. The number of hydrogen-bond acceptors (Lipinski definition) is 2. The predicted molar refractivity (Wildman–Crippen MR) is 65.8 cm³/mol. The zero-order valence-corrected chi connectivity index (χ0v) is 10.0. The van der Waals surface area contributed by atoms with Crippen LogP contribution in [0.5, 0.6) is 0 Å². The molecule has 0 atom stereocenters. The topological polar surface area (TPSA) is 12.0 Å². The molecule has 0 saturated carbocycles. The first-order chi connectivity index (χ1) is 6.70. The second-order valence-electron chi connectivity index (χ2n) is 3.77. The van der Waals surface area contributed by atoms with Gasteiger partial charge in [-0.05, 0) is 43.0 Å². The first-order valence-corrected chi connectivity index (χ1v) is 6.02. The highest BCUT2D eigenvalue weighted by Crippen LogP contribution is 2.16. The summed E-state index contributed by atoms with van der Waals surface area (Å²) in [6.45, 7) is 7.57. The van der Waals surface area contributed by atoms with Crippen LogP contribution < -0.4 is 5.32 Å². The van der Waals surface area contributed by atoms with Gasteiger partial charge in [0.1, 0.15) is 0 Å². The molecule has 1 N–H and O–H groups in total. The number of aryl methyl sites for hydroxylation is 1. The predicted octanol–water partition coefficient (Wildman–Crippen LogP) is 3.46.